The molecule has 0 spiro atoms. The first-order valence-corrected chi connectivity index (χ1v) is 5.46. The van der Waals surface area contributed by atoms with Gasteiger partial charge in [-0.2, -0.15) is 4.98 Å². The van der Waals surface area contributed by atoms with Gasteiger partial charge in [-0.05, 0) is 6.07 Å². The lowest BCUT2D eigenvalue weighted by molar-refractivity contribution is -0.384. The number of nitro groups is 1. The van der Waals surface area contributed by atoms with E-state index < -0.39 is 4.92 Å². The predicted molar refractivity (Wildman–Crippen MR) is 66.8 cm³/mol. The van der Waals surface area contributed by atoms with Crippen molar-refractivity contribution >= 4 is 17.3 Å². The molecule has 2 N–H and O–H groups in total. The molecule has 2 heterocycles. The van der Waals surface area contributed by atoms with E-state index >= 15 is 0 Å². The van der Waals surface area contributed by atoms with Crippen LogP contribution in [0.5, 0.6) is 0 Å². The van der Waals surface area contributed by atoms with Crippen LogP contribution in [-0.4, -0.2) is 27.1 Å². The van der Waals surface area contributed by atoms with E-state index in [0.29, 0.717) is 17.5 Å². The van der Waals surface area contributed by atoms with E-state index in [1.165, 1.54) is 12.1 Å². The van der Waals surface area contributed by atoms with Gasteiger partial charge in [-0.15, -0.1) is 0 Å². The van der Waals surface area contributed by atoms with Crippen LogP contribution in [0.2, 0.25) is 0 Å². The van der Waals surface area contributed by atoms with Crippen LogP contribution in [0.1, 0.15) is 11.7 Å². The molecule has 0 unspecified atom stereocenters. The molecule has 9 heteroatoms. The van der Waals surface area contributed by atoms with Gasteiger partial charge in [0.15, 0.2) is 5.82 Å². The minimum absolute atomic E-state index is 0.112. The highest BCUT2D eigenvalue weighted by atomic mass is 16.6. The number of nitrogens with one attached hydrogen (secondary N) is 2. The second kappa shape index (κ2) is 5.29. The fourth-order valence-corrected chi connectivity index (χ4v) is 1.44. The zero-order valence-electron chi connectivity index (χ0n) is 10.4. The van der Waals surface area contributed by atoms with E-state index in [-0.39, 0.29) is 18.1 Å². The van der Waals surface area contributed by atoms with Crippen molar-refractivity contribution in [3.8, 4) is 0 Å². The maximum absolute atomic E-state index is 10.9. The van der Waals surface area contributed by atoms with E-state index in [9.17, 15) is 10.1 Å². The highest BCUT2D eigenvalue weighted by Crippen LogP contribution is 2.24. The van der Waals surface area contributed by atoms with Crippen LogP contribution in [0.4, 0.5) is 17.3 Å². The average molecular weight is 264 g/mol. The highest BCUT2D eigenvalue weighted by molar-refractivity contribution is 5.60. The maximum atomic E-state index is 10.9. The van der Waals surface area contributed by atoms with Gasteiger partial charge in [0, 0.05) is 20.0 Å². The van der Waals surface area contributed by atoms with Crippen LogP contribution in [-0.2, 0) is 6.54 Å². The van der Waals surface area contributed by atoms with Gasteiger partial charge < -0.3 is 15.2 Å². The molecule has 100 valence electrons. The summed E-state index contributed by atoms with van der Waals surface area (Å²) in [5.41, 5.74) is -0.112. The minimum Gasteiger partial charge on any atom is -0.373 e. The first-order valence-electron chi connectivity index (χ1n) is 5.46. The van der Waals surface area contributed by atoms with Crippen molar-refractivity contribution in [2.75, 3.05) is 17.7 Å². The van der Waals surface area contributed by atoms with Gasteiger partial charge >= 0.3 is 5.69 Å². The van der Waals surface area contributed by atoms with E-state index in [1.54, 1.807) is 14.0 Å². The summed E-state index contributed by atoms with van der Waals surface area (Å²) >= 11 is 0. The molecule has 2 aromatic rings. The van der Waals surface area contributed by atoms with Gasteiger partial charge in [0.2, 0.25) is 11.7 Å². The summed E-state index contributed by atoms with van der Waals surface area (Å²) in [6.45, 7) is 1.86. The summed E-state index contributed by atoms with van der Waals surface area (Å²) in [6, 6.07) is 2.91. The number of hydrogen-bond donors (Lipinski definition) is 2. The third-order valence-electron chi connectivity index (χ3n) is 2.31. The Morgan fingerprint density at radius 2 is 2.21 bits per heavy atom. The molecular formula is C10H12N6O3. The van der Waals surface area contributed by atoms with Gasteiger partial charge in [-0.1, -0.05) is 5.16 Å². The van der Waals surface area contributed by atoms with E-state index in [4.69, 9.17) is 4.52 Å². The Kier molecular flexibility index (Phi) is 3.55. The predicted octanol–water partition coefficient (Wildman–Crippen LogP) is 1.34. The lowest BCUT2D eigenvalue weighted by Crippen LogP contribution is -2.07. The topological polar surface area (TPSA) is 119 Å². The third-order valence-corrected chi connectivity index (χ3v) is 2.31. The monoisotopic (exact) mass is 264 g/mol. The molecule has 0 amide bonds. The molecule has 0 aliphatic rings. The lowest BCUT2D eigenvalue weighted by Gasteiger charge is -2.06. The first kappa shape index (κ1) is 12.7. The lowest BCUT2D eigenvalue weighted by atomic mass is 10.3. The Bertz CT molecular complexity index is 597. The van der Waals surface area contributed by atoms with Crippen LogP contribution in [0, 0.1) is 17.0 Å². The summed E-state index contributed by atoms with van der Waals surface area (Å²) < 4.78 is 4.81. The van der Waals surface area contributed by atoms with Gasteiger partial charge in [0.05, 0.1) is 11.5 Å². The minimum atomic E-state index is -0.504. The van der Waals surface area contributed by atoms with E-state index in [1.807, 2.05) is 0 Å². The van der Waals surface area contributed by atoms with Crippen molar-refractivity contribution in [2.24, 2.45) is 0 Å². The maximum Gasteiger partial charge on any atom is 0.311 e. The Morgan fingerprint density at radius 1 is 1.42 bits per heavy atom. The van der Waals surface area contributed by atoms with Gasteiger partial charge in [0.1, 0.15) is 5.82 Å². The van der Waals surface area contributed by atoms with Crippen molar-refractivity contribution in [1.82, 2.24) is 15.1 Å². The number of aryl methyl sites for hydroxylation is 1. The molecule has 2 aromatic heterocycles. The van der Waals surface area contributed by atoms with Crippen molar-refractivity contribution in [2.45, 2.75) is 13.5 Å². The number of nitrogens with zero attached hydrogens (tertiary/aromatic N) is 4. The molecule has 0 aliphatic heterocycles. The van der Waals surface area contributed by atoms with Crippen LogP contribution in [0.15, 0.2) is 16.7 Å². The quantitative estimate of drug-likeness (QED) is 0.613. The summed E-state index contributed by atoms with van der Waals surface area (Å²) in [7, 11) is 1.68. The van der Waals surface area contributed by atoms with Gasteiger partial charge in [-0.25, -0.2) is 4.98 Å². The standard InChI is InChI=1S/C10H12N6O3/c1-6-13-9(15-19-6)5-12-10-7(16(17)18)3-4-8(11-2)14-10/h3-4H,5H2,1-2H3,(H2,11,12,14). The van der Waals surface area contributed by atoms with Crippen LogP contribution in [0.3, 0.4) is 0 Å². The number of pyridine rings is 1. The van der Waals surface area contributed by atoms with Crippen LogP contribution in [0.25, 0.3) is 0 Å². The molecule has 0 saturated heterocycles. The molecular weight excluding hydrogens is 252 g/mol. The smallest absolute Gasteiger partial charge is 0.311 e. The Morgan fingerprint density at radius 3 is 2.79 bits per heavy atom. The molecule has 9 nitrogen and oxygen atoms in total. The number of hydrogen-bond acceptors (Lipinski definition) is 8. The Balaban J connectivity index is 2.19. The van der Waals surface area contributed by atoms with Crippen molar-refractivity contribution in [3.05, 3.63) is 34.0 Å². The Hall–Kier alpha value is -2.71. The van der Waals surface area contributed by atoms with Crippen LogP contribution >= 0.6 is 0 Å². The number of anilines is 2. The summed E-state index contributed by atoms with van der Waals surface area (Å²) in [6.07, 6.45) is 0. The zero-order valence-corrected chi connectivity index (χ0v) is 10.4. The number of rotatable bonds is 5. The average Bonchev–Trinajstić information content (AvgIpc) is 2.81. The molecule has 0 aromatic carbocycles. The molecule has 0 saturated carbocycles. The van der Waals surface area contributed by atoms with Crippen LogP contribution < -0.4 is 10.6 Å². The highest BCUT2D eigenvalue weighted by Gasteiger charge is 2.16. The van der Waals surface area contributed by atoms with E-state index in [0.717, 1.165) is 0 Å². The first-order chi connectivity index (χ1) is 9.10. The summed E-state index contributed by atoms with van der Waals surface area (Å²) in [5.74, 6) is 1.52. The molecule has 0 aliphatic carbocycles. The molecule has 0 fully saturated rings. The second-order valence-corrected chi connectivity index (χ2v) is 3.65. The normalized spacial score (nSPS) is 10.2. The SMILES string of the molecule is CNc1ccc([N+](=O)[O-])c(NCc2noc(C)n2)n1. The molecule has 0 atom stereocenters. The van der Waals surface area contributed by atoms with Gasteiger partial charge in [0.25, 0.3) is 0 Å². The fraction of sp³-hybridized carbons (Fsp3) is 0.300. The van der Waals surface area contributed by atoms with E-state index in [2.05, 4.69) is 25.8 Å². The largest absolute Gasteiger partial charge is 0.373 e. The zero-order chi connectivity index (χ0) is 13.8. The fourth-order valence-electron chi connectivity index (χ4n) is 1.44. The van der Waals surface area contributed by atoms with Gasteiger partial charge in [-0.3, -0.25) is 10.1 Å². The van der Waals surface area contributed by atoms with Crippen molar-refractivity contribution in [1.29, 1.82) is 0 Å². The molecule has 2 rings (SSSR count). The van der Waals surface area contributed by atoms with Crippen molar-refractivity contribution in [3.63, 3.8) is 0 Å². The second-order valence-electron chi connectivity index (χ2n) is 3.65. The number of aromatic nitrogens is 3. The molecule has 19 heavy (non-hydrogen) atoms. The summed E-state index contributed by atoms with van der Waals surface area (Å²) in [5, 5.41) is 20.2. The van der Waals surface area contributed by atoms with Crippen molar-refractivity contribution < 1.29 is 9.45 Å². The summed E-state index contributed by atoms with van der Waals surface area (Å²) in [4.78, 5) is 18.5. The Labute approximate surface area is 108 Å². The molecule has 0 radical (unpaired) electrons. The molecule has 0 bridgehead atoms. The third kappa shape index (κ3) is 2.94.